The number of aryl methyl sites for hydroxylation is 1. The molecule has 0 aliphatic heterocycles. The first-order valence-corrected chi connectivity index (χ1v) is 10.7. The van der Waals surface area contributed by atoms with Crippen LogP contribution in [0.4, 0.5) is 15.9 Å². The highest BCUT2D eigenvalue weighted by Gasteiger charge is 2.23. The lowest BCUT2D eigenvalue weighted by molar-refractivity contribution is 0.414. The topological polar surface area (TPSA) is 125 Å². The summed E-state index contributed by atoms with van der Waals surface area (Å²) in [7, 11) is -1.09. The van der Waals surface area contributed by atoms with E-state index in [1.165, 1.54) is 54.5 Å². The van der Waals surface area contributed by atoms with E-state index in [2.05, 4.69) is 19.8 Å². The third-order valence-corrected chi connectivity index (χ3v) is 6.24. The van der Waals surface area contributed by atoms with Crippen molar-refractivity contribution in [2.24, 2.45) is 7.05 Å². The Kier molecular flexibility index (Phi) is 5.15. The molecule has 0 saturated heterocycles. The molecule has 4 aromatic rings. The van der Waals surface area contributed by atoms with Crippen LogP contribution in [0.5, 0.6) is 5.75 Å². The molecule has 0 saturated carbocycles. The van der Waals surface area contributed by atoms with Crippen LogP contribution in [0.3, 0.4) is 0 Å². The van der Waals surface area contributed by atoms with Gasteiger partial charge in [0.15, 0.2) is 11.5 Å². The number of anilines is 2. The van der Waals surface area contributed by atoms with Crippen LogP contribution in [0.1, 0.15) is 0 Å². The molecule has 0 aliphatic rings. The third-order valence-electron chi connectivity index (χ3n) is 4.58. The van der Waals surface area contributed by atoms with Crippen LogP contribution < -0.4 is 15.2 Å². The van der Waals surface area contributed by atoms with Crippen molar-refractivity contribution in [3.8, 4) is 17.0 Å². The van der Waals surface area contributed by atoms with Gasteiger partial charge in [-0.2, -0.15) is 5.10 Å². The number of hydrogen-bond donors (Lipinski definition) is 2. The highest BCUT2D eigenvalue weighted by atomic mass is 35.5. The number of sulfonamides is 1. The van der Waals surface area contributed by atoms with Gasteiger partial charge in [-0.05, 0) is 30.3 Å². The minimum atomic E-state index is -4.13. The Morgan fingerprint density at radius 3 is 2.71 bits per heavy atom. The van der Waals surface area contributed by atoms with E-state index >= 15 is 4.39 Å². The highest BCUT2D eigenvalue weighted by molar-refractivity contribution is 7.92. The first-order chi connectivity index (χ1) is 14.7. The van der Waals surface area contributed by atoms with Crippen molar-refractivity contribution >= 4 is 44.2 Å². The molecule has 2 heterocycles. The fourth-order valence-corrected chi connectivity index (χ4v) is 4.52. The summed E-state index contributed by atoms with van der Waals surface area (Å²) in [4.78, 5) is 7.90. The molecule has 2 aromatic heterocycles. The predicted molar refractivity (Wildman–Crippen MR) is 115 cm³/mol. The first-order valence-electron chi connectivity index (χ1n) is 8.81. The van der Waals surface area contributed by atoms with E-state index < -0.39 is 15.8 Å². The second kappa shape index (κ2) is 7.67. The smallest absolute Gasteiger partial charge is 0.262 e. The fraction of sp³-hybridized carbons (Fsp3) is 0.105. The molecule has 0 amide bonds. The summed E-state index contributed by atoms with van der Waals surface area (Å²) >= 11 is 6.02. The standard InChI is InChI=1S/C19H16ClFN6O3S/c1-27-19-15(18(22)23-9-24-19)17(25-27)11-4-3-5-13(16(11)21)26-31(28,29)10-6-7-14(30-2)12(20)8-10/h3-9,26H,1-2H3,(H2,22,23,24). The number of benzene rings is 2. The number of fused-ring (bicyclic) bond motifs is 1. The number of hydrogen-bond acceptors (Lipinski definition) is 7. The summed E-state index contributed by atoms with van der Waals surface area (Å²) in [5, 5.41) is 4.77. The lowest BCUT2D eigenvalue weighted by atomic mass is 10.1. The number of nitrogens with zero attached hydrogens (tertiary/aromatic N) is 4. The Labute approximate surface area is 181 Å². The number of ether oxygens (including phenoxy) is 1. The molecular formula is C19H16ClFN6O3S. The normalized spacial score (nSPS) is 11.6. The Bertz CT molecular complexity index is 1420. The number of halogens is 2. The number of nitrogen functional groups attached to an aromatic ring is 1. The lowest BCUT2D eigenvalue weighted by Crippen LogP contribution is -2.14. The Morgan fingerprint density at radius 2 is 2.00 bits per heavy atom. The number of nitrogens with one attached hydrogen (secondary N) is 1. The molecule has 0 bridgehead atoms. The molecule has 12 heteroatoms. The second-order valence-electron chi connectivity index (χ2n) is 6.50. The van der Waals surface area contributed by atoms with Gasteiger partial charge in [0, 0.05) is 12.6 Å². The van der Waals surface area contributed by atoms with Crippen molar-refractivity contribution in [1.29, 1.82) is 0 Å². The molecule has 4 rings (SSSR count). The van der Waals surface area contributed by atoms with Crippen molar-refractivity contribution < 1.29 is 17.5 Å². The quantitative estimate of drug-likeness (QED) is 0.466. The molecule has 160 valence electrons. The van der Waals surface area contributed by atoms with E-state index in [1.807, 2.05) is 0 Å². The summed E-state index contributed by atoms with van der Waals surface area (Å²) in [6.07, 6.45) is 1.28. The van der Waals surface area contributed by atoms with E-state index in [4.69, 9.17) is 22.1 Å². The molecule has 0 atom stereocenters. The maximum Gasteiger partial charge on any atom is 0.262 e. The van der Waals surface area contributed by atoms with Gasteiger partial charge in [0.2, 0.25) is 0 Å². The fourth-order valence-electron chi connectivity index (χ4n) is 3.11. The molecular weight excluding hydrogens is 447 g/mol. The van der Waals surface area contributed by atoms with Crippen LogP contribution in [0.25, 0.3) is 22.3 Å². The van der Waals surface area contributed by atoms with Gasteiger partial charge in [-0.1, -0.05) is 17.7 Å². The minimum absolute atomic E-state index is 0.0417. The summed E-state index contributed by atoms with van der Waals surface area (Å²) in [6, 6.07) is 8.19. The van der Waals surface area contributed by atoms with Crippen LogP contribution in [0, 0.1) is 5.82 Å². The maximum atomic E-state index is 15.4. The molecule has 2 aromatic carbocycles. The van der Waals surface area contributed by atoms with Crippen molar-refractivity contribution in [3.05, 3.63) is 53.6 Å². The van der Waals surface area contributed by atoms with Gasteiger partial charge in [0.25, 0.3) is 10.0 Å². The molecule has 0 radical (unpaired) electrons. The van der Waals surface area contributed by atoms with Crippen molar-refractivity contribution in [2.75, 3.05) is 17.6 Å². The molecule has 0 fully saturated rings. The van der Waals surface area contributed by atoms with Crippen LogP contribution in [-0.2, 0) is 17.1 Å². The molecule has 9 nitrogen and oxygen atoms in total. The third kappa shape index (κ3) is 3.62. The summed E-state index contributed by atoms with van der Waals surface area (Å²) < 4.78 is 49.7. The van der Waals surface area contributed by atoms with Crippen LogP contribution in [0.15, 0.2) is 47.6 Å². The second-order valence-corrected chi connectivity index (χ2v) is 8.59. The van der Waals surface area contributed by atoms with Crippen molar-refractivity contribution in [2.45, 2.75) is 4.90 Å². The zero-order chi connectivity index (χ0) is 22.3. The zero-order valence-electron chi connectivity index (χ0n) is 16.3. The largest absolute Gasteiger partial charge is 0.495 e. The molecule has 0 spiro atoms. The summed E-state index contributed by atoms with van der Waals surface area (Å²) in [5.41, 5.74) is 6.34. The number of aromatic nitrogens is 4. The van der Waals surface area contributed by atoms with E-state index in [-0.39, 0.29) is 32.7 Å². The van der Waals surface area contributed by atoms with E-state index in [0.29, 0.717) is 16.8 Å². The maximum absolute atomic E-state index is 15.4. The molecule has 31 heavy (non-hydrogen) atoms. The van der Waals surface area contributed by atoms with Crippen LogP contribution in [-0.4, -0.2) is 35.3 Å². The monoisotopic (exact) mass is 462 g/mol. The SMILES string of the molecule is COc1ccc(S(=O)(=O)Nc2cccc(-c3nn(C)c4ncnc(N)c34)c2F)cc1Cl. The van der Waals surface area contributed by atoms with E-state index in [9.17, 15) is 8.42 Å². The minimum Gasteiger partial charge on any atom is -0.495 e. The van der Waals surface area contributed by atoms with Gasteiger partial charge in [0.05, 0.1) is 28.1 Å². The zero-order valence-corrected chi connectivity index (χ0v) is 17.9. The van der Waals surface area contributed by atoms with Crippen LogP contribution in [0.2, 0.25) is 5.02 Å². The van der Waals surface area contributed by atoms with Gasteiger partial charge < -0.3 is 10.5 Å². The van der Waals surface area contributed by atoms with Crippen molar-refractivity contribution in [1.82, 2.24) is 19.7 Å². The van der Waals surface area contributed by atoms with Crippen LogP contribution >= 0.6 is 11.6 Å². The summed E-state index contributed by atoms with van der Waals surface area (Å²) in [6.45, 7) is 0. The van der Waals surface area contributed by atoms with Gasteiger partial charge in [-0.15, -0.1) is 0 Å². The number of methoxy groups -OCH3 is 1. The van der Waals surface area contributed by atoms with E-state index in [1.54, 1.807) is 7.05 Å². The van der Waals surface area contributed by atoms with Crippen molar-refractivity contribution in [3.63, 3.8) is 0 Å². The van der Waals surface area contributed by atoms with Gasteiger partial charge in [0.1, 0.15) is 23.6 Å². The first kappa shape index (κ1) is 20.8. The van der Waals surface area contributed by atoms with Gasteiger partial charge >= 0.3 is 0 Å². The number of rotatable bonds is 5. The van der Waals surface area contributed by atoms with Gasteiger partial charge in [-0.25, -0.2) is 27.5 Å². The van der Waals surface area contributed by atoms with E-state index in [0.717, 1.165) is 0 Å². The lowest BCUT2D eigenvalue weighted by Gasteiger charge is -2.12. The predicted octanol–water partition coefficient (Wildman–Crippen LogP) is 3.21. The Balaban J connectivity index is 1.78. The Hall–Kier alpha value is -3.44. The average molecular weight is 463 g/mol. The Morgan fingerprint density at radius 1 is 1.23 bits per heavy atom. The number of nitrogens with two attached hydrogens (primary N) is 1. The highest BCUT2D eigenvalue weighted by Crippen LogP contribution is 2.34. The van der Waals surface area contributed by atoms with Gasteiger partial charge in [-0.3, -0.25) is 4.72 Å². The molecule has 0 unspecified atom stereocenters. The molecule has 0 aliphatic carbocycles. The molecule has 3 N–H and O–H groups in total. The average Bonchev–Trinajstić information content (AvgIpc) is 3.07. The summed E-state index contributed by atoms with van der Waals surface area (Å²) in [5.74, 6) is -0.379.